The smallest absolute Gasteiger partial charge is 0.273 e. The Kier molecular flexibility index (Phi) is 6.18. The summed E-state index contributed by atoms with van der Waals surface area (Å²) in [6.45, 7) is 1.79. The van der Waals surface area contributed by atoms with E-state index in [1.165, 1.54) is 25.3 Å². The van der Waals surface area contributed by atoms with Crippen molar-refractivity contribution in [1.29, 1.82) is 0 Å². The third kappa shape index (κ3) is 4.33. The number of carbonyl (C=O) groups excluding carboxylic acids is 1. The number of carbonyl (C=O) groups is 1. The molecule has 0 saturated heterocycles. The van der Waals surface area contributed by atoms with Crippen LogP contribution in [-0.2, 0) is 0 Å². The molecule has 0 aliphatic heterocycles. The Labute approximate surface area is 199 Å². The number of anilines is 1. The number of hydrogen-bond acceptors (Lipinski definition) is 5. The standard InChI is InChI=1S/C24H17Cl2N3O4/c1-13-22(24(30)28-20-10-8-15(29(31)32)12-21(20)33-2)17-5-3-4-6-19(17)27-23(13)16-9-7-14(25)11-18(16)26/h3-12H,1-2H3,(H,28,30). The Hall–Kier alpha value is -3.68. The fraction of sp³-hybridized carbons (Fsp3) is 0.0833. The first kappa shape index (κ1) is 22.5. The number of nitrogens with zero attached hydrogens (tertiary/aromatic N) is 2. The number of halogens is 2. The Morgan fingerprint density at radius 1 is 1.09 bits per heavy atom. The first-order valence-corrected chi connectivity index (χ1v) is 10.5. The van der Waals surface area contributed by atoms with E-state index in [9.17, 15) is 14.9 Å². The number of nitro benzene ring substituents is 1. The van der Waals surface area contributed by atoms with Crippen molar-refractivity contribution < 1.29 is 14.5 Å². The summed E-state index contributed by atoms with van der Waals surface area (Å²) in [4.78, 5) is 28.8. The largest absolute Gasteiger partial charge is 0.494 e. The second kappa shape index (κ2) is 9.05. The van der Waals surface area contributed by atoms with E-state index in [1.54, 1.807) is 25.1 Å². The number of amides is 1. The van der Waals surface area contributed by atoms with E-state index in [-0.39, 0.29) is 11.4 Å². The van der Waals surface area contributed by atoms with Crippen molar-refractivity contribution in [3.63, 3.8) is 0 Å². The molecule has 166 valence electrons. The number of methoxy groups -OCH3 is 1. The minimum absolute atomic E-state index is 0.143. The van der Waals surface area contributed by atoms with Gasteiger partial charge in [-0.25, -0.2) is 4.98 Å². The SMILES string of the molecule is COc1cc([N+](=O)[O-])ccc1NC(=O)c1c(C)c(-c2ccc(Cl)cc2Cl)nc2ccccc12. The van der Waals surface area contributed by atoms with E-state index in [0.29, 0.717) is 49.0 Å². The molecule has 0 fully saturated rings. The molecule has 1 amide bonds. The highest BCUT2D eigenvalue weighted by molar-refractivity contribution is 6.36. The molecule has 0 radical (unpaired) electrons. The Bertz CT molecular complexity index is 1420. The van der Waals surface area contributed by atoms with Gasteiger partial charge in [0.1, 0.15) is 5.75 Å². The van der Waals surface area contributed by atoms with Crippen molar-refractivity contribution in [2.45, 2.75) is 6.92 Å². The van der Waals surface area contributed by atoms with Crippen LogP contribution in [0.5, 0.6) is 5.75 Å². The zero-order chi connectivity index (χ0) is 23.7. The van der Waals surface area contributed by atoms with Gasteiger partial charge >= 0.3 is 0 Å². The predicted molar refractivity (Wildman–Crippen MR) is 130 cm³/mol. The molecule has 33 heavy (non-hydrogen) atoms. The number of rotatable bonds is 5. The van der Waals surface area contributed by atoms with Crippen LogP contribution in [0, 0.1) is 17.0 Å². The van der Waals surface area contributed by atoms with Gasteiger partial charge in [0.15, 0.2) is 0 Å². The number of non-ortho nitro benzene ring substituents is 1. The number of fused-ring (bicyclic) bond motifs is 1. The molecule has 0 aliphatic rings. The van der Waals surface area contributed by atoms with Gasteiger partial charge in [-0.3, -0.25) is 14.9 Å². The normalized spacial score (nSPS) is 10.8. The zero-order valence-electron chi connectivity index (χ0n) is 17.6. The van der Waals surface area contributed by atoms with Crippen LogP contribution < -0.4 is 10.1 Å². The summed E-state index contributed by atoms with van der Waals surface area (Å²) in [6.07, 6.45) is 0. The van der Waals surface area contributed by atoms with Crippen LogP contribution in [0.3, 0.4) is 0 Å². The van der Waals surface area contributed by atoms with Gasteiger partial charge < -0.3 is 10.1 Å². The number of ether oxygens (including phenoxy) is 1. The van der Waals surface area contributed by atoms with Crippen LogP contribution in [0.15, 0.2) is 60.7 Å². The van der Waals surface area contributed by atoms with Crippen LogP contribution in [-0.4, -0.2) is 22.9 Å². The van der Waals surface area contributed by atoms with Crippen LogP contribution in [0.1, 0.15) is 15.9 Å². The Morgan fingerprint density at radius 3 is 2.55 bits per heavy atom. The Balaban J connectivity index is 1.86. The lowest BCUT2D eigenvalue weighted by atomic mass is 9.97. The van der Waals surface area contributed by atoms with E-state index in [1.807, 2.05) is 24.3 Å². The molecule has 0 bridgehead atoms. The average Bonchev–Trinajstić information content (AvgIpc) is 2.79. The number of aromatic nitrogens is 1. The molecule has 0 atom stereocenters. The van der Waals surface area contributed by atoms with E-state index < -0.39 is 10.8 Å². The quantitative estimate of drug-likeness (QED) is 0.253. The Morgan fingerprint density at radius 2 is 1.85 bits per heavy atom. The molecular weight excluding hydrogens is 465 g/mol. The lowest BCUT2D eigenvalue weighted by Crippen LogP contribution is -2.16. The molecule has 0 unspecified atom stereocenters. The molecule has 4 rings (SSSR count). The summed E-state index contributed by atoms with van der Waals surface area (Å²) in [6, 6.07) is 16.4. The average molecular weight is 482 g/mol. The minimum atomic E-state index is -0.531. The van der Waals surface area contributed by atoms with Crippen molar-refractivity contribution in [3.8, 4) is 17.0 Å². The maximum Gasteiger partial charge on any atom is 0.273 e. The van der Waals surface area contributed by atoms with Crippen LogP contribution in [0.2, 0.25) is 10.0 Å². The summed E-state index contributed by atoms with van der Waals surface area (Å²) in [5.41, 5.74) is 3.00. The number of para-hydroxylation sites is 1. The number of pyridine rings is 1. The molecule has 4 aromatic rings. The first-order chi connectivity index (χ1) is 15.8. The lowest BCUT2D eigenvalue weighted by molar-refractivity contribution is -0.384. The maximum absolute atomic E-state index is 13.5. The van der Waals surface area contributed by atoms with Crippen molar-refractivity contribution in [2.24, 2.45) is 0 Å². The molecule has 0 spiro atoms. The van der Waals surface area contributed by atoms with Crippen LogP contribution >= 0.6 is 23.2 Å². The van der Waals surface area contributed by atoms with Gasteiger partial charge in [-0.1, -0.05) is 41.4 Å². The van der Waals surface area contributed by atoms with Crippen molar-refractivity contribution in [1.82, 2.24) is 4.98 Å². The molecule has 1 aromatic heterocycles. The summed E-state index contributed by atoms with van der Waals surface area (Å²) in [7, 11) is 1.38. The fourth-order valence-corrected chi connectivity index (χ4v) is 4.12. The highest BCUT2D eigenvalue weighted by Gasteiger charge is 2.22. The number of benzene rings is 3. The predicted octanol–water partition coefficient (Wildman–Crippen LogP) is 6.69. The van der Waals surface area contributed by atoms with Crippen LogP contribution in [0.4, 0.5) is 11.4 Å². The molecular formula is C24H17Cl2N3O4. The van der Waals surface area contributed by atoms with Crippen molar-refractivity contribution >= 4 is 51.4 Å². The zero-order valence-corrected chi connectivity index (χ0v) is 19.1. The van der Waals surface area contributed by atoms with Crippen LogP contribution in [0.25, 0.3) is 22.2 Å². The highest BCUT2D eigenvalue weighted by Crippen LogP contribution is 2.36. The summed E-state index contributed by atoms with van der Waals surface area (Å²) >= 11 is 12.5. The monoisotopic (exact) mass is 481 g/mol. The number of nitrogens with one attached hydrogen (secondary N) is 1. The van der Waals surface area contributed by atoms with Gasteiger partial charge in [-0.05, 0) is 42.8 Å². The van der Waals surface area contributed by atoms with E-state index in [4.69, 9.17) is 32.9 Å². The van der Waals surface area contributed by atoms with Gasteiger partial charge in [-0.2, -0.15) is 0 Å². The minimum Gasteiger partial charge on any atom is -0.494 e. The van der Waals surface area contributed by atoms with E-state index >= 15 is 0 Å². The highest BCUT2D eigenvalue weighted by atomic mass is 35.5. The number of nitro groups is 1. The number of hydrogen-bond donors (Lipinski definition) is 1. The van der Waals surface area contributed by atoms with Gasteiger partial charge in [0.2, 0.25) is 0 Å². The molecule has 0 aliphatic carbocycles. The fourth-order valence-electron chi connectivity index (χ4n) is 3.63. The lowest BCUT2D eigenvalue weighted by Gasteiger charge is -2.16. The van der Waals surface area contributed by atoms with Crippen molar-refractivity contribution in [2.75, 3.05) is 12.4 Å². The second-order valence-electron chi connectivity index (χ2n) is 7.20. The van der Waals surface area contributed by atoms with E-state index in [2.05, 4.69) is 5.32 Å². The summed E-state index contributed by atoms with van der Waals surface area (Å²) < 4.78 is 5.25. The summed E-state index contributed by atoms with van der Waals surface area (Å²) in [5.74, 6) is -0.237. The van der Waals surface area contributed by atoms with Gasteiger partial charge in [0, 0.05) is 22.0 Å². The van der Waals surface area contributed by atoms with Gasteiger partial charge in [0.25, 0.3) is 11.6 Å². The van der Waals surface area contributed by atoms with E-state index in [0.717, 1.165) is 0 Å². The molecule has 9 heteroatoms. The topological polar surface area (TPSA) is 94.4 Å². The summed E-state index contributed by atoms with van der Waals surface area (Å²) in [5, 5.41) is 15.4. The maximum atomic E-state index is 13.5. The molecule has 1 N–H and O–H groups in total. The molecule has 0 saturated carbocycles. The second-order valence-corrected chi connectivity index (χ2v) is 8.04. The molecule has 7 nitrogen and oxygen atoms in total. The molecule has 1 heterocycles. The van der Waals surface area contributed by atoms with Gasteiger partial charge in [-0.15, -0.1) is 0 Å². The first-order valence-electron chi connectivity index (χ1n) is 9.78. The third-order valence-electron chi connectivity index (χ3n) is 5.19. The third-order valence-corrected chi connectivity index (χ3v) is 5.74. The van der Waals surface area contributed by atoms with Crippen molar-refractivity contribution in [3.05, 3.63) is 92.0 Å². The molecule has 3 aromatic carbocycles. The van der Waals surface area contributed by atoms with Gasteiger partial charge in [0.05, 0.1) is 45.6 Å².